The van der Waals surface area contributed by atoms with Crippen molar-refractivity contribution in [2.45, 2.75) is 6.42 Å². The van der Waals surface area contributed by atoms with E-state index in [9.17, 15) is 9.90 Å². The molecular weight excluding hydrogens is 198 g/mol. The van der Waals surface area contributed by atoms with E-state index in [1.54, 1.807) is 12.1 Å². The molecule has 15 heavy (non-hydrogen) atoms. The third kappa shape index (κ3) is 2.01. The number of phenols is 1. The second-order valence-corrected chi connectivity index (χ2v) is 3.13. The lowest BCUT2D eigenvalue weighted by atomic mass is 10.1. The molecule has 1 aromatic carbocycles. The van der Waals surface area contributed by atoms with Crippen LogP contribution in [0.25, 0.3) is 0 Å². The van der Waals surface area contributed by atoms with E-state index in [0.717, 1.165) is 5.56 Å². The van der Waals surface area contributed by atoms with E-state index >= 15 is 0 Å². The average molecular weight is 207 g/mol. The highest BCUT2D eigenvalue weighted by Gasteiger charge is 2.08. The predicted octanol–water partition coefficient (Wildman–Crippen LogP) is 0.970. The van der Waals surface area contributed by atoms with Crippen LogP contribution < -0.4 is 5.76 Å². The van der Waals surface area contributed by atoms with Gasteiger partial charge in [-0.25, -0.2) is 4.79 Å². The van der Waals surface area contributed by atoms with E-state index < -0.39 is 5.76 Å². The zero-order valence-corrected chi connectivity index (χ0v) is 7.73. The number of nitrogens with one attached hydrogen (secondary N) is 1. The zero-order chi connectivity index (χ0) is 10.8. The molecule has 0 saturated carbocycles. The summed E-state index contributed by atoms with van der Waals surface area (Å²) in [4.78, 5) is 12.9. The number of aromatic hydroxyl groups is 2. The van der Waals surface area contributed by atoms with Gasteiger partial charge in [-0.15, -0.1) is 0 Å². The van der Waals surface area contributed by atoms with Crippen LogP contribution in [0, 0.1) is 0 Å². The van der Waals surface area contributed by atoms with Gasteiger partial charge in [0.25, 0.3) is 0 Å². The average Bonchev–Trinajstić information content (AvgIpc) is 2.49. The number of aromatic amines is 1. The van der Waals surface area contributed by atoms with Gasteiger partial charge in [-0.3, -0.25) is 4.98 Å². The lowest BCUT2D eigenvalue weighted by molar-refractivity contribution is 0.426. The van der Waals surface area contributed by atoms with Crippen molar-refractivity contribution in [2.24, 2.45) is 0 Å². The molecule has 1 aromatic heterocycles. The van der Waals surface area contributed by atoms with Crippen molar-refractivity contribution in [1.82, 2.24) is 4.98 Å². The molecule has 0 saturated heterocycles. The Balaban J connectivity index is 2.25. The van der Waals surface area contributed by atoms with Gasteiger partial charge < -0.3 is 14.6 Å². The summed E-state index contributed by atoms with van der Waals surface area (Å²) < 4.78 is 4.72. The summed E-state index contributed by atoms with van der Waals surface area (Å²) >= 11 is 0. The molecule has 0 amide bonds. The van der Waals surface area contributed by atoms with Gasteiger partial charge in [-0.2, -0.15) is 0 Å². The fourth-order valence-corrected chi connectivity index (χ4v) is 1.27. The maximum atomic E-state index is 10.7. The number of hydrogen-bond donors (Lipinski definition) is 3. The minimum atomic E-state index is -0.679. The number of H-pyrrole nitrogens is 1. The van der Waals surface area contributed by atoms with Crippen LogP contribution in [0.5, 0.6) is 11.6 Å². The molecule has 2 rings (SSSR count). The molecule has 0 bridgehead atoms. The molecule has 0 aliphatic heterocycles. The molecule has 0 aliphatic carbocycles. The molecule has 5 heteroatoms. The van der Waals surface area contributed by atoms with Crippen LogP contribution >= 0.6 is 0 Å². The number of benzene rings is 1. The summed E-state index contributed by atoms with van der Waals surface area (Å²) in [5.41, 5.74) is 0.825. The van der Waals surface area contributed by atoms with Gasteiger partial charge in [0.2, 0.25) is 5.88 Å². The highest BCUT2D eigenvalue weighted by Crippen LogP contribution is 2.17. The fraction of sp³-hybridized carbons (Fsp3) is 0.100. The van der Waals surface area contributed by atoms with Crippen molar-refractivity contribution in [2.75, 3.05) is 0 Å². The summed E-state index contributed by atoms with van der Waals surface area (Å²) in [6.45, 7) is 0. The Kier molecular flexibility index (Phi) is 2.21. The third-order valence-corrected chi connectivity index (χ3v) is 2.00. The number of oxazole rings is 1. The van der Waals surface area contributed by atoms with Crippen molar-refractivity contribution in [3.8, 4) is 11.6 Å². The van der Waals surface area contributed by atoms with E-state index in [2.05, 4.69) is 4.98 Å². The van der Waals surface area contributed by atoms with Crippen molar-refractivity contribution < 1.29 is 14.6 Å². The van der Waals surface area contributed by atoms with E-state index in [0.29, 0.717) is 6.42 Å². The molecule has 0 fully saturated rings. The largest absolute Gasteiger partial charge is 0.508 e. The van der Waals surface area contributed by atoms with Crippen molar-refractivity contribution in [1.29, 1.82) is 0 Å². The Labute approximate surface area is 84.6 Å². The van der Waals surface area contributed by atoms with E-state index in [4.69, 9.17) is 9.52 Å². The predicted molar refractivity (Wildman–Crippen MR) is 51.9 cm³/mol. The topological polar surface area (TPSA) is 86.5 Å². The Hall–Kier alpha value is -2.17. The van der Waals surface area contributed by atoms with E-state index in [-0.39, 0.29) is 17.4 Å². The van der Waals surface area contributed by atoms with Crippen LogP contribution in [0.15, 0.2) is 33.5 Å². The summed E-state index contributed by atoms with van der Waals surface area (Å²) in [6, 6.07) is 6.41. The van der Waals surface area contributed by atoms with Crippen molar-refractivity contribution >= 4 is 0 Å². The standard InChI is InChI=1S/C10H9NO4/c12-7-3-1-6(2-4-7)5-8-9(13)11-10(14)15-8/h1-4,12-13H,5H2,(H,11,14). The number of hydrogen-bond acceptors (Lipinski definition) is 4. The normalized spacial score (nSPS) is 10.4. The van der Waals surface area contributed by atoms with Gasteiger partial charge in [0.1, 0.15) is 5.75 Å². The first-order valence-corrected chi connectivity index (χ1v) is 4.34. The van der Waals surface area contributed by atoms with Gasteiger partial charge in [-0.05, 0) is 17.7 Å². The lowest BCUT2D eigenvalue weighted by Crippen LogP contribution is -1.93. The summed E-state index contributed by atoms with van der Waals surface area (Å²) in [5, 5.41) is 18.3. The zero-order valence-electron chi connectivity index (χ0n) is 7.73. The molecule has 0 radical (unpaired) electrons. The maximum absolute atomic E-state index is 10.7. The number of rotatable bonds is 2. The van der Waals surface area contributed by atoms with Crippen LogP contribution in [0.1, 0.15) is 11.3 Å². The van der Waals surface area contributed by atoms with Crippen LogP contribution in [0.3, 0.4) is 0 Å². The van der Waals surface area contributed by atoms with Crippen LogP contribution in [0.2, 0.25) is 0 Å². The maximum Gasteiger partial charge on any atom is 0.419 e. The third-order valence-electron chi connectivity index (χ3n) is 2.00. The first kappa shape index (κ1) is 9.39. The Morgan fingerprint density at radius 1 is 1.20 bits per heavy atom. The van der Waals surface area contributed by atoms with Gasteiger partial charge in [0.05, 0.1) is 0 Å². The molecule has 0 aliphatic rings. The highest BCUT2D eigenvalue weighted by atomic mass is 16.4. The summed E-state index contributed by atoms with van der Waals surface area (Å²) in [5.74, 6) is -0.585. The van der Waals surface area contributed by atoms with Gasteiger partial charge in [-0.1, -0.05) is 12.1 Å². The molecule has 1 heterocycles. The number of aromatic nitrogens is 1. The van der Waals surface area contributed by atoms with Gasteiger partial charge in [0.15, 0.2) is 5.76 Å². The van der Waals surface area contributed by atoms with E-state index in [1.165, 1.54) is 12.1 Å². The molecule has 3 N–H and O–H groups in total. The minimum absolute atomic E-state index is 0.165. The van der Waals surface area contributed by atoms with Gasteiger partial charge in [0, 0.05) is 6.42 Å². The molecule has 2 aromatic rings. The molecule has 0 spiro atoms. The molecule has 0 unspecified atom stereocenters. The highest BCUT2D eigenvalue weighted by molar-refractivity contribution is 5.29. The minimum Gasteiger partial charge on any atom is -0.508 e. The summed E-state index contributed by atoms with van der Waals surface area (Å²) in [7, 11) is 0. The second kappa shape index (κ2) is 3.53. The van der Waals surface area contributed by atoms with Crippen LogP contribution in [0.4, 0.5) is 0 Å². The summed E-state index contributed by atoms with van der Waals surface area (Å²) in [6.07, 6.45) is 0.296. The Bertz CT molecular complexity index is 509. The molecule has 78 valence electrons. The van der Waals surface area contributed by atoms with Crippen molar-refractivity contribution in [3.63, 3.8) is 0 Å². The molecule has 0 atom stereocenters. The SMILES string of the molecule is O=c1[nH]c(O)c(Cc2ccc(O)cc2)o1. The van der Waals surface area contributed by atoms with Crippen molar-refractivity contribution in [3.05, 3.63) is 46.1 Å². The fourth-order valence-electron chi connectivity index (χ4n) is 1.27. The Morgan fingerprint density at radius 2 is 1.87 bits per heavy atom. The first-order chi connectivity index (χ1) is 7.15. The van der Waals surface area contributed by atoms with Gasteiger partial charge >= 0.3 is 5.76 Å². The first-order valence-electron chi connectivity index (χ1n) is 4.34. The smallest absolute Gasteiger partial charge is 0.419 e. The lowest BCUT2D eigenvalue weighted by Gasteiger charge is -1.98. The second-order valence-electron chi connectivity index (χ2n) is 3.13. The monoisotopic (exact) mass is 207 g/mol. The molecular formula is C10H9NO4. The number of phenolic OH excluding ortho intramolecular Hbond substituents is 1. The Morgan fingerprint density at radius 3 is 2.40 bits per heavy atom. The quantitative estimate of drug-likeness (QED) is 0.684. The van der Waals surface area contributed by atoms with Crippen LogP contribution in [-0.4, -0.2) is 15.2 Å². The molecule has 5 nitrogen and oxygen atoms in total. The van der Waals surface area contributed by atoms with Crippen LogP contribution in [-0.2, 0) is 6.42 Å². The van der Waals surface area contributed by atoms with E-state index in [1.807, 2.05) is 0 Å².